The number of nitro groups is 1. The standard InChI is InChI=1S/C11H10N4O2/c16-15(17)10-4-5-11(14-8-10)13-7-9-3-1-2-6-12-9/h1-6,8,10H,7H2. The number of rotatable bonds is 3. The summed E-state index contributed by atoms with van der Waals surface area (Å²) in [4.78, 5) is 22.3. The first-order chi connectivity index (χ1) is 8.25. The molecule has 1 atom stereocenters. The molecule has 6 heteroatoms. The van der Waals surface area contributed by atoms with Crippen LogP contribution >= 0.6 is 0 Å². The molecule has 0 bridgehead atoms. The zero-order valence-electron chi connectivity index (χ0n) is 8.93. The second-order valence-corrected chi connectivity index (χ2v) is 3.41. The Hall–Kier alpha value is -2.37. The minimum atomic E-state index is -0.844. The Morgan fingerprint density at radius 3 is 2.94 bits per heavy atom. The molecule has 1 aromatic rings. The minimum Gasteiger partial charge on any atom is -0.264 e. The van der Waals surface area contributed by atoms with Gasteiger partial charge in [0.25, 0.3) is 6.04 Å². The number of pyridine rings is 1. The van der Waals surface area contributed by atoms with Gasteiger partial charge in [0.15, 0.2) is 0 Å². The highest BCUT2D eigenvalue weighted by molar-refractivity contribution is 6.01. The van der Waals surface area contributed by atoms with E-state index < -0.39 is 11.0 Å². The monoisotopic (exact) mass is 230 g/mol. The molecule has 1 unspecified atom stereocenters. The van der Waals surface area contributed by atoms with E-state index in [2.05, 4.69) is 15.0 Å². The molecule has 0 radical (unpaired) electrons. The van der Waals surface area contributed by atoms with Crippen molar-refractivity contribution in [1.82, 2.24) is 4.98 Å². The lowest BCUT2D eigenvalue weighted by atomic mass is 10.2. The lowest BCUT2D eigenvalue weighted by Gasteiger charge is -2.03. The topological polar surface area (TPSA) is 80.8 Å². The van der Waals surface area contributed by atoms with Crippen LogP contribution < -0.4 is 0 Å². The zero-order chi connectivity index (χ0) is 12.1. The van der Waals surface area contributed by atoms with Gasteiger partial charge < -0.3 is 0 Å². The van der Waals surface area contributed by atoms with E-state index in [-0.39, 0.29) is 0 Å². The van der Waals surface area contributed by atoms with E-state index in [0.717, 1.165) is 5.69 Å². The van der Waals surface area contributed by atoms with Crippen LogP contribution in [0.4, 0.5) is 0 Å². The molecular formula is C11H10N4O2. The molecule has 86 valence electrons. The molecule has 17 heavy (non-hydrogen) atoms. The van der Waals surface area contributed by atoms with Crippen molar-refractivity contribution in [2.24, 2.45) is 9.98 Å². The normalized spacial score (nSPS) is 20.7. The molecule has 0 spiro atoms. The van der Waals surface area contributed by atoms with Crippen molar-refractivity contribution in [3.8, 4) is 0 Å². The maximum Gasteiger partial charge on any atom is 0.266 e. The lowest BCUT2D eigenvalue weighted by Crippen LogP contribution is -2.21. The second-order valence-electron chi connectivity index (χ2n) is 3.41. The van der Waals surface area contributed by atoms with Gasteiger partial charge in [0.2, 0.25) is 0 Å². The number of dihydropyridines is 1. The van der Waals surface area contributed by atoms with Crippen LogP contribution in [-0.4, -0.2) is 28.0 Å². The largest absolute Gasteiger partial charge is 0.266 e. The van der Waals surface area contributed by atoms with E-state index in [1.807, 2.05) is 18.2 Å². The first-order valence-corrected chi connectivity index (χ1v) is 5.06. The number of hydrogen-bond donors (Lipinski definition) is 0. The van der Waals surface area contributed by atoms with Crippen molar-refractivity contribution in [1.29, 1.82) is 0 Å². The fourth-order valence-electron chi connectivity index (χ4n) is 1.30. The Bertz CT molecular complexity index is 477. The number of aromatic nitrogens is 1. The van der Waals surface area contributed by atoms with Gasteiger partial charge in [-0.25, -0.2) is 4.99 Å². The third-order valence-corrected chi connectivity index (χ3v) is 2.17. The van der Waals surface area contributed by atoms with Crippen molar-refractivity contribution in [3.05, 3.63) is 52.4 Å². The fraction of sp³-hybridized carbons (Fsp3) is 0.182. The molecule has 1 aliphatic rings. The third-order valence-electron chi connectivity index (χ3n) is 2.17. The molecular weight excluding hydrogens is 220 g/mol. The predicted molar refractivity (Wildman–Crippen MR) is 63.8 cm³/mol. The van der Waals surface area contributed by atoms with E-state index >= 15 is 0 Å². The van der Waals surface area contributed by atoms with Crippen molar-refractivity contribution >= 4 is 12.1 Å². The summed E-state index contributed by atoms with van der Waals surface area (Å²) in [5.74, 6) is 0.480. The fourth-order valence-corrected chi connectivity index (χ4v) is 1.30. The number of nitrogens with zero attached hydrogens (tertiary/aromatic N) is 4. The highest BCUT2D eigenvalue weighted by atomic mass is 16.6. The van der Waals surface area contributed by atoms with Gasteiger partial charge in [-0.2, -0.15) is 0 Å². The van der Waals surface area contributed by atoms with Crippen molar-refractivity contribution in [3.63, 3.8) is 0 Å². The van der Waals surface area contributed by atoms with Gasteiger partial charge in [0.1, 0.15) is 5.84 Å². The van der Waals surface area contributed by atoms with Gasteiger partial charge in [-0.15, -0.1) is 0 Å². The average molecular weight is 230 g/mol. The van der Waals surface area contributed by atoms with Crippen LogP contribution in [0.5, 0.6) is 0 Å². The predicted octanol–water partition coefficient (Wildman–Crippen LogP) is 1.27. The molecule has 0 amide bonds. The Morgan fingerprint density at radius 1 is 1.47 bits per heavy atom. The van der Waals surface area contributed by atoms with Crippen LogP contribution in [-0.2, 0) is 6.54 Å². The Balaban J connectivity index is 2.00. The van der Waals surface area contributed by atoms with Gasteiger partial charge in [-0.1, -0.05) is 6.07 Å². The molecule has 0 N–H and O–H groups in total. The van der Waals surface area contributed by atoms with Crippen LogP contribution in [0.25, 0.3) is 0 Å². The summed E-state index contributed by atoms with van der Waals surface area (Å²) in [7, 11) is 0. The van der Waals surface area contributed by atoms with Crippen LogP contribution in [0.2, 0.25) is 0 Å². The van der Waals surface area contributed by atoms with Gasteiger partial charge in [0, 0.05) is 11.1 Å². The third kappa shape index (κ3) is 3.04. The first kappa shape index (κ1) is 11.1. The van der Waals surface area contributed by atoms with E-state index in [0.29, 0.717) is 12.4 Å². The van der Waals surface area contributed by atoms with Crippen LogP contribution in [0.3, 0.4) is 0 Å². The van der Waals surface area contributed by atoms with Crippen LogP contribution in [0.15, 0.2) is 46.5 Å². The van der Waals surface area contributed by atoms with E-state index in [9.17, 15) is 10.1 Å². The van der Waals surface area contributed by atoms with Crippen molar-refractivity contribution in [2.45, 2.75) is 12.6 Å². The second kappa shape index (κ2) is 5.11. The summed E-state index contributed by atoms with van der Waals surface area (Å²) < 4.78 is 0. The number of hydrogen-bond acceptors (Lipinski definition) is 4. The first-order valence-electron chi connectivity index (χ1n) is 5.06. The summed E-state index contributed by atoms with van der Waals surface area (Å²) in [5.41, 5.74) is 0.833. The van der Waals surface area contributed by atoms with Crippen molar-refractivity contribution in [2.75, 3.05) is 0 Å². The maximum absolute atomic E-state index is 10.5. The van der Waals surface area contributed by atoms with Crippen LogP contribution in [0, 0.1) is 10.1 Å². The summed E-state index contributed by atoms with van der Waals surface area (Å²) in [5, 5.41) is 10.5. The molecule has 0 aromatic carbocycles. The van der Waals surface area contributed by atoms with Crippen LogP contribution in [0.1, 0.15) is 5.69 Å². The molecule has 2 heterocycles. The summed E-state index contributed by atoms with van der Waals surface area (Å²) in [6, 6.07) is 4.73. The average Bonchev–Trinajstić information content (AvgIpc) is 2.38. The zero-order valence-corrected chi connectivity index (χ0v) is 8.93. The number of amidine groups is 1. The van der Waals surface area contributed by atoms with Gasteiger partial charge >= 0.3 is 0 Å². The van der Waals surface area contributed by atoms with Gasteiger partial charge in [0.05, 0.1) is 18.5 Å². The Labute approximate surface area is 97.6 Å². The maximum atomic E-state index is 10.5. The van der Waals surface area contributed by atoms with E-state index in [1.54, 1.807) is 12.3 Å². The molecule has 0 fully saturated rings. The highest BCUT2D eigenvalue weighted by Crippen LogP contribution is 2.02. The summed E-state index contributed by atoms with van der Waals surface area (Å²) >= 11 is 0. The van der Waals surface area contributed by atoms with E-state index in [1.165, 1.54) is 12.3 Å². The Morgan fingerprint density at radius 2 is 2.35 bits per heavy atom. The minimum absolute atomic E-state index is 0.407. The quantitative estimate of drug-likeness (QED) is 0.579. The SMILES string of the molecule is O=[N+]([O-])C1C=CC(=NCc2ccccn2)N=C1. The molecule has 2 rings (SSSR count). The Kier molecular flexibility index (Phi) is 3.34. The van der Waals surface area contributed by atoms with Gasteiger partial charge in [-0.05, 0) is 24.3 Å². The molecule has 1 aliphatic heterocycles. The lowest BCUT2D eigenvalue weighted by molar-refractivity contribution is -0.489. The molecule has 0 aliphatic carbocycles. The van der Waals surface area contributed by atoms with Crippen molar-refractivity contribution < 1.29 is 4.92 Å². The summed E-state index contributed by atoms with van der Waals surface area (Å²) in [6.45, 7) is 0.418. The highest BCUT2D eigenvalue weighted by Gasteiger charge is 2.15. The van der Waals surface area contributed by atoms with E-state index in [4.69, 9.17) is 0 Å². The smallest absolute Gasteiger partial charge is 0.264 e. The molecule has 0 saturated carbocycles. The molecule has 6 nitrogen and oxygen atoms in total. The number of aliphatic imine (C=N–C) groups is 2. The summed E-state index contributed by atoms with van der Waals surface area (Å²) in [6.07, 6.45) is 5.98. The molecule has 0 saturated heterocycles. The van der Waals surface area contributed by atoms with Gasteiger partial charge in [-0.3, -0.25) is 20.1 Å². The molecule has 1 aromatic heterocycles.